The lowest BCUT2D eigenvalue weighted by molar-refractivity contribution is -0.126. The van der Waals surface area contributed by atoms with Gasteiger partial charge < -0.3 is 23.8 Å². The molecule has 3 rings (SSSR count). The van der Waals surface area contributed by atoms with E-state index < -0.39 is 0 Å². The van der Waals surface area contributed by atoms with Gasteiger partial charge in [0.15, 0.2) is 0 Å². The van der Waals surface area contributed by atoms with Crippen LogP contribution in [0.2, 0.25) is 0 Å². The normalized spacial score (nSPS) is 16.1. The van der Waals surface area contributed by atoms with Crippen LogP contribution in [0.4, 0.5) is 0 Å². The maximum Gasteiger partial charge on any atom is 0.247 e. The van der Waals surface area contributed by atoms with Crippen LogP contribution in [-0.4, -0.2) is 45.8 Å². The van der Waals surface area contributed by atoms with Crippen molar-refractivity contribution in [3.05, 3.63) is 53.6 Å². The van der Waals surface area contributed by atoms with Gasteiger partial charge in [-0.2, -0.15) is 0 Å². The zero-order valence-corrected chi connectivity index (χ0v) is 17.3. The second-order valence-electron chi connectivity index (χ2n) is 6.74. The Morgan fingerprint density at radius 3 is 2.24 bits per heavy atom. The molecule has 1 atom stereocenters. The molecule has 0 bridgehead atoms. The third kappa shape index (κ3) is 4.47. The standard InChI is InChI=1S/C23H27NO5/c1-26-17-8-10-21(28-3)16(14-17)7-12-23(25)24-13-5-6-20(24)19-15-18(27-2)9-11-22(19)29-4/h7-12,14-15,20H,5-6,13H2,1-4H3. The third-order valence-electron chi connectivity index (χ3n) is 5.17. The Morgan fingerprint density at radius 1 is 0.931 bits per heavy atom. The van der Waals surface area contributed by atoms with Gasteiger partial charge in [-0.1, -0.05) is 0 Å². The van der Waals surface area contributed by atoms with E-state index in [4.69, 9.17) is 18.9 Å². The molecule has 1 saturated heterocycles. The molecule has 6 nitrogen and oxygen atoms in total. The number of likely N-dealkylation sites (tertiary alicyclic amines) is 1. The summed E-state index contributed by atoms with van der Waals surface area (Å²) in [5.74, 6) is 2.84. The molecule has 1 fully saturated rings. The van der Waals surface area contributed by atoms with E-state index in [0.717, 1.165) is 35.5 Å². The lowest BCUT2D eigenvalue weighted by Crippen LogP contribution is -2.29. The molecule has 0 saturated carbocycles. The van der Waals surface area contributed by atoms with Crippen LogP contribution in [0.15, 0.2) is 42.5 Å². The highest BCUT2D eigenvalue weighted by molar-refractivity contribution is 5.92. The van der Waals surface area contributed by atoms with E-state index in [2.05, 4.69) is 0 Å². The van der Waals surface area contributed by atoms with E-state index in [1.54, 1.807) is 40.6 Å². The summed E-state index contributed by atoms with van der Waals surface area (Å²) in [6.07, 6.45) is 5.17. The molecule has 0 aliphatic carbocycles. The van der Waals surface area contributed by atoms with Crippen molar-refractivity contribution in [2.24, 2.45) is 0 Å². The van der Waals surface area contributed by atoms with Gasteiger partial charge in [0.25, 0.3) is 0 Å². The van der Waals surface area contributed by atoms with Crippen molar-refractivity contribution >= 4 is 12.0 Å². The molecule has 1 aliphatic heterocycles. The minimum absolute atomic E-state index is 0.0515. The fourth-order valence-corrected chi connectivity index (χ4v) is 3.68. The van der Waals surface area contributed by atoms with Crippen LogP contribution in [0.25, 0.3) is 6.08 Å². The zero-order valence-electron chi connectivity index (χ0n) is 17.3. The first-order valence-electron chi connectivity index (χ1n) is 9.54. The van der Waals surface area contributed by atoms with Crippen LogP contribution < -0.4 is 18.9 Å². The number of nitrogens with zero attached hydrogens (tertiary/aromatic N) is 1. The number of hydrogen-bond acceptors (Lipinski definition) is 5. The van der Waals surface area contributed by atoms with Gasteiger partial charge >= 0.3 is 0 Å². The van der Waals surface area contributed by atoms with E-state index >= 15 is 0 Å². The Kier molecular flexibility index (Phi) is 6.65. The zero-order chi connectivity index (χ0) is 20.8. The molecule has 29 heavy (non-hydrogen) atoms. The molecule has 0 spiro atoms. The Bertz CT molecular complexity index is 893. The van der Waals surface area contributed by atoms with Crippen LogP contribution in [0.5, 0.6) is 23.0 Å². The first kappa shape index (κ1) is 20.6. The van der Waals surface area contributed by atoms with Crippen molar-refractivity contribution in [2.45, 2.75) is 18.9 Å². The number of benzene rings is 2. The van der Waals surface area contributed by atoms with Crippen LogP contribution in [0.1, 0.15) is 30.0 Å². The number of methoxy groups -OCH3 is 4. The SMILES string of the molecule is COc1ccc(OC)c(C=CC(=O)N2CCCC2c2cc(OC)ccc2OC)c1. The average Bonchev–Trinajstić information content (AvgIpc) is 3.26. The largest absolute Gasteiger partial charge is 0.497 e. The van der Waals surface area contributed by atoms with Gasteiger partial charge in [-0.25, -0.2) is 0 Å². The summed E-state index contributed by atoms with van der Waals surface area (Å²) < 4.78 is 21.6. The fourth-order valence-electron chi connectivity index (χ4n) is 3.68. The summed E-state index contributed by atoms with van der Waals surface area (Å²) in [5.41, 5.74) is 1.75. The Morgan fingerprint density at radius 2 is 1.59 bits per heavy atom. The molecule has 0 N–H and O–H groups in total. The lowest BCUT2D eigenvalue weighted by atomic mass is 10.0. The minimum atomic E-state index is -0.0535. The lowest BCUT2D eigenvalue weighted by Gasteiger charge is -2.25. The second kappa shape index (κ2) is 9.37. The van der Waals surface area contributed by atoms with Crippen molar-refractivity contribution < 1.29 is 23.7 Å². The van der Waals surface area contributed by atoms with Gasteiger partial charge in [-0.3, -0.25) is 4.79 Å². The molecular weight excluding hydrogens is 370 g/mol. The maximum absolute atomic E-state index is 13.0. The van der Waals surface area contributed by atoms with E-state index in [9.17, 15) is 4.79 Å². The number of rotatable bonds is 7. The average molecular weight is 397 g/mol. The number of carbonyl (C=O) groups excluding carboxylic acids is 1. The molecule has 1 amide bonds. The molecule has 2 aromatic rings. The van der Waals surface area contributed by atoms with Gasteiger partial charge in [-0.15, -0.1) is 0 Å². The van der Waals surface area contributed by atoms with Crippen molar-refractivity contribution in [2.75, 3.05) is 35.0 Å². The van der Waals surface area contributed by atoms with E-state index in [1.807, 2.05) is 41.3 Å². The topological polar surface area (TPSA) is 57.2 Å². The summed E-state index contributed by atoms with van der Waals surface area (Å²) in [7, 11) is 6.48. The first-order valence-corrected chi connectivity index (χ1v) is 9.54. The number of amides is 1. The summed E-state index contributed by atoms with van der Waals surface area (Å²) in [6.45, 7) is 0.698. The molecule has 1 heterocycles. The highest BCUT2D eigenvalue weighted by atomic mass is 16.5. The maximum atomic E-state index is 13.0. The Balaban J connectivity index is 1.85. The summed E-state index contributed by atoms with van der Waals surface area (Å²) in [6, 6.07) is 11.1. The van der Waals surface area contributed by atoms with Crippen molar-refractivity contribution in [1.82, 2.24) is 4.90 Å². The van der Waals surface area contributed by atoms with Gasteiger partial charge in [0.05, 0.1) is 34.5 Å². The summed E-state index contributed by atoms with van der Waals surface area (Å²) in [5, 5.41) is 0. The van der Waals surface area contributed by atoms with Gasteiger partial charge in [-0.05, 0) is 55.3 Å². The molecule has 0 aromatic heterocycles. The molecule has 6 heteroatoms. The van der Waals surface area contributed by atoms with Gasteiger partial charge in [0.1, 0.15) is 23.0 Å². The van der Waals surface area contributed by atoms with Crippen molar-refractivity contribution in [3.8, 4) is 23.0 Å². The second-order valence-corrected chi connectivity index (χ2v) is 6.74. The summed E-state index contributed by atoms with van der Waals surface area (Å²) >= 11 is 0. The Hall–Kier alpha value is -3.15. The van der Waals surface area contributed by atoms with E-state index in [0.29, 0.717) is 18.0 Å². The first-order chi connectivity index (χ1) is 14.1. The van der Waals surface area contributed by atoms with E-state index in [1.165, 1.54) is 0 Å². The fraction of sp³-hybridized carbons (Fsp3) is 0.348. The predicted molar refractivity (Wildman–Crippen MR) is 112 cm³/mol. The molecule has 2 aromatic carbocycles. The molecule has 1 aliphatic rings. The van der Waals surface area contributed by atoms with Crippen LogP contribution in [-0.2, 0) is 4.79 Å². The number of carbonyl (C=O) groups is 1. The number of hydrogen-bond donors (Lipinski definition) is 0. The summed E-state index contributed by atoms with van der Waals surface area (Å²) in [4.78, 5) is 14.9. The predicted octanol–water partition coefficient (Wildman–Crippen LogP) is 4.10. The Labute approximate surface area is 171 Å². The quantitative estimate of drug-likeness (QED) is 0.659. The van der Waals surface area contributed by atoms with Crippen molar-refractivity contribution in [3.63, 3.8) is 0 Å². The molecule has 0 radical (unpaired) electrons. The van der Waals surface area contributed by atoms with E-state index in [-0.39, 0.29) is 11.9 Å². The smallest absolute Gasteiger partial charge is 0.247 e. The molecule has 154 valence electrons. The molecule has 1 unspecified atom stereocenters. The van der Waals surface area contributed by atoms with Crippen LogP contribution in [0.3, 0.4) is 0 Å². The van der Waals surface area contributed by atoms with Gasteiger partial charge in [0, 0.05) is 23.7 Å². The van der Waals surface area contributed by atoms with Crippen molar-refractivity contribution in [1.29, 1.82) is 0 Å². The third-order valence-corrected chi connectivity index (χ3v) is 5.17. The van der Waals surface area contributed by atoms with Gasteiger partial charge in [0.2, 0.25) is 5.91 Å². The highest BCUT2D eigenvalue weighted by Gasteiger charge is 2.31. The van der Waals surface area contributed by atoms with Crippen LogP contribution >= 0.6 is 0 Å². The highest BCUT2D eigenvalue weighted by Crippen LogP contribution is 2.39. The van der Waals surface area contributed by atoms with Crippen LogP contribution in [0, 0.1) is 0 Å². The minimum Gasteiger partial charge on any atom is -0.497 e. The monoisotopic (exact) mass is 397 g/mol. The molecular formula is C23H27NO5. The number of ether oxygens (including phenoxy) is 4.